The molecule has 2 aromatic carbocycles. The third-order valence-corrected chi connectivity index (χ3v) is 4.44. The minimum absolute atomic E-state index is 0.0962. The molecule has 0 bridgehead atoms. The molecule has 150 valence electrons. The standard InChI is InChI=1S/C22H25N5O2/c1-27(15-16-6-3-2-4-7-16)10-11-29-18-9-5-8-17(12-18)20-14-25-19(13-23)21(26-20)22(24)28/h2-9,12,14H,10-11,13,15,23H2,1H3,(H2,24,28). The Hall–Kier alpha value is -3.29. The number of nitrogens with zero attached hydrogens (tertiary/aromatic N) is 3. The van der Waals surface area contributed by atoms with E-state index in [9.17, 15) is 4.79 Å². The second kappa shape index (κ2) is 9.77. The lowest BCUT2D eigenvalue weighted by Gasteiger charge is -2.17. The number of likely N-dealkylation sites (N-methyl/N-ethyl adjacent to an activating group) is 1. The SMILES string of the molecule is CN(CCOc1cccc(-c2cnc(CN)c(C(N)=O)n2)c1)Cc1ccccc1. The number of benzene rings is 2. The predicted octanol–water partition coefficient (Wildman–Crippen LogP) is 2.21. The van der Waals surface area contributed by atoms with E-state index >= 15 is 0 Å². The van der Waals surface area contributed by atoms with E-state index in [1.54, 1.807) is 6.20 Å². The van der Waals surface area contributed by atoms with Crippen molar-refractivity contribution in [2.24, 2.45) is 11.5 Å². The fourth-order valence-corrected chi connectivity index (χ4v) is 2.94. The summed E-state index contributed by atoms with van der Waals surface area (Å²) >= 11 is 0. The first-order chi connectivity index (χ1) is 14.1. The molecule has 3 rings (SSSR count). The molecule has 1 aromatic heterocycles. The van der Waals surface area contributed by atoms with Gasteiger partial charge in [0.05, 0.1) is 17.6 Å². The Kier molecular flexibility index (Phi) is 6.89. The number of hydrogen-bond acceptors (Lipinski definition) is 6. The minimum Gasteiger partial charge on any atom is -0.492 e. The van der Waals surface area contributed by atoms with Crippen molar-refractivity contribution in [2.75, 3.05) is 20.2 Å². The van der Waals surface area contributed by atoms with Gasteiger partial charge in [0.1, 0.15) is 12.4 Å². The lowest BCUT2D eigenvalue weighted by molar-refractivity contribution is 0.0994. The summed E-state index contributed by atoms with van der Waals surface area (Å²) in [5.41, 5.74) is 14.1. The van der Waals surface area contributed by atoms with Gasteiger partial charge in [0.2, 0.25) is 0 Å². The zero-order valence-electron chi connectivity index (χ0n) is 16.4. The lowest BCUT2D eigenvalue weighted by atomic mass is 10.1. The molecule has 1 heterocycles. The van der Waals surface area contributed by atoms with Crippen molar-refractivity contribution in [3.63, 3.8) is 0 Å². The molecule has 0 aliphatic heterocycles. The molecule has 0 spiro atoms. The van der Waals surface area contributed by atoms with Crippen LogP contribution in [0.5, 0.6) is 5.75 Å². The van der Waals surface area contributed by atoms with Gasteiger partial charge in [-0.1, -0.05) is 42.5 Å². The quantitative estimate of drug-likeness (QED) is 0.579. The number of rotatable bonds is 9. The first-order valence-electron chi connectivity index (χ1n) is 9.38. The molecule has 1 amide bonds. The Morgan fingerprint density at radius 1 is 1.14 bits per heavy atom. The molecule has 4 N–H and O–H groups in total. The zero-order chi connectivity index (χ0) is 20.6. The van der Waals surface area contributed by atoms with Crippen molar-refractivity contribution in [3.8, 4) is 17.0 Å². The maximum Gasteiger partial charge on any atom is 0.269 e. The van der Waals surface area contributed by atoms with Crippen LogP contribution in [0.2, 0.25) is 0 Å². The molecule has 29 heavy (non-hydrogen) atoms. The molecule has 0 radical (unpaired) electrons. The predicted molar refractivity (Wildman–Crippen MR) is 112 cm³/mol. The third-order valence-electron chi connectivity index (χ3n) is 4.44. The van der Waals surface area contributed by atoms with E-state index in [0.29, 0.717) is 18.0 Å². The third kappa shape index (κ3) is 5.60. The van der Waals surface area contributed by atoms with Gasteiger partial charge >= 0.3 is 0 Å². The summed E-state index contributed by atoms with van der Waals surface area (Å²) in [6, 6.07) is 17.8. The Morgan fingerprint density at radius 2 is 1.93 bits per heavy atom. The van der Waals surface area contributed by atoms with E-state index < -0.39 is 5.91 Å². The van der Waals surface area contributed by atoms with Gasteiger partial charge in [-0.2, -0.15) is 0 Å². The van der Waals surface area contributed by atoms with Crippen LogP contribution in [0.15, 0.2) is 60.8 Å². The largest absolute Gasteiger partial charge is 0.492 e. The van der Waals surface area contributed by atoms with Gasteiger partial charge in [-0.3, -0.25) is 14.7 Å². The molecule has 0 saturated carbocycles. The first kappa shape index (κ1) is 20.4. The summed E-state index contributed by atoms with van der Waals surface area (Å²) in [6.07, 6.45) is 1.58. The van der Waals surface area contributed by atoms with E-state index in [1.165, 1.54) is 5.56 Å². The molecule has 7 nitrogen and oxygen atoms in total. The Balaban J connectivity index is 1.62. The summed E-state index contributed by atoms with van der Waals surface area (Å²) < 4.78 is 5.90. The Labute approximate surface area is 170 Å². The second-order valence-corrected chi connectivity index (χ2v) is 6.72. The molecule has 0 saturated heterocycles. The normalized spacial score (nSPS) is 10.9. The number of ether oxygens (including phenoxy) is 1. The summed E-state index contributed by atoms with van der Waals surface area (Å²) in [6.45, 7) is 2.31. The molecular formula is C22H25N5O2. The van der Waals surface area contributed by atoms with Crippen molar-refractivity contribution in [1.82, 2.24) is 14.9 Å². The zero-order valence-corrected chi connectivity index (χ0v) is 16.4. The second-order valence-electron chi connectivity index (χ2n) is 6.72. The maximum atomic E-state index is 11.6. The topological polar surface area (TPSA) is 107 Å². The fourth-order valence-electron chi connectivity index (χ4n) is 2.94. The van der Waals surface area contributed by atoms with Crippen molar-refractivity contribution >= 4 is 5.91 Å². The molecule has 7 heteroatoms. The molecular weight excluding hydrogens is 366 g/mol. The van der Waals surface area contributed by atoms with Crippen LogP contribution >= 0.6 is 0 Å². The average molecular weight is 391 g/mol. The van der Waals surface area contributed by atoms with Crippen LogP contribution in [0, 0.1) is 0 Å². The maximum absolute atomic E-state index is 11.6. The van der Waals surface area contributed by atoms with Crippen LogP contribution in [-0.2, 0) is 13.1 Å². The van der Waals surface area contributed by atoms with E-state index in [4.69, 9.17) is 16.2 Å². The van der Waals surface area contributed by atoms with E-state index in [2.05, 4.69) is 34.0 Å². The number of aromatic nitrogens is 2. The highest BCUT2D eigenvalue weighted by Gasteiger charge is 2.13. The monoisotopic (exact) mass is 391 g/mol. The highest BCUT2D eigenvalue weighted by atomic mass is 16.5. The van der Waals surface area contributed by atoms with Crippen molar-refractivity contribution < 1.29 is 9.53 Å². The van der Waals surface area contributed by atoms with Crippen LogP contribution in [0.4, 0.5) is 0 Å². The van der Waals surface area contributed by atoms with Crippen LogP contribution in [0.3, 0.4) is 0 Å². The lowest BCUT2D eigenvalue weighted by Crippen LogP contribution is -2.23. The number of carbonyl (C=O) groups excluding carboxylic acids is 1. The summed E-state index contributed by atoms with van der Waals surface area (Å²) in [5, 5.41) is 0. The summed E-state index contributed by atoms with van der Waals surface area (Å²) in [5.74, 6) is 0.0783. The number of amides is 1. The first-order valence-corrected chi connectivity index (χ1v) is 9.38. The molecule has 0 aliphatic rings. The van der Waals surface area contributed by atoms with Gasteiger partial charge in [-0.05, 0) is 24.7 Å². The van der Waals surface area contributed by atoms with E-state index in [1.807, 2.05) is 42.5 Å². The Morgan fingerprint density at radius 3 is 2.66 bits per heavy atom. The fraction of sp³-hybridized carbons (Fsp3) is 0.227. The van der Waals surface area contributed by atoms with Crippen LogP contribution in [-0.4, -0.2) is 41.0 Å². The van der Waals surface area contributed by atoms with Gasteiger partial charge in [-0.15, -0.1) is 0 Å². The summed E-state index contributed by atoms with van der Waals surface area (Å²) in [4.78, 5) is 22.3. The molecule has 3 aromatic rings. The number of primary amides is 1. The molecule has 0 aliphatic carbocycles. The van der Waals surface area contributed by atoms with Gasteiger partial charge in [0.25, 0.3) is 5.91 Å². The van der Waals surface area contributed by atoms with Crippen LogP contribution < -0.4 is 16.2 Å². The number of nitrogens with two attached hydrogens (primary N) is 2. The molecule has 0 atom stereocenters. The van der Waals surface area contributed by atoms with E-state index in [0.717, 1.165) is 24.4 Å². The van der Waals surface area contributed by atoms with Crippen molar-refractivity contribution in [1.29, 1.82) is 0 Å². The van der Waals surface area contributed by atoms with Gasteiger partial charge in [0, 0.05) is 25.2 Å². The highest BCUT2D eigenvalue weighted by molar-refractivity contribution is 5.92. The van der Waals surface area contributed by atoms with Gasteiger partial charge < -0.3 is 16.2 Å². The molecule has 0 fully saturated rings. The summed E-state index contributed by atoms with van der Waals surface area (Å²) in [7, 11) is 2.06. The van der Waals surface area contributed by atoms with Crippen LogP contribution in [0.25, 0.3) is 11.3 Å². The number of carbonyl (C=O) groups is 1. The van der Waals surface area contributed by atoms with Crippen molar-refractivity contribution in [3.05, 3.63) is 77.7 Å². The number of hydrogen-bond donors (Lipinski definition) is 2. The average Bonchev–Trinajstić information content (AvgIpc) is 2.74. The van der Waals surface area contributed by atoms with Crippen molar-refractivity contribution in [2.45, 2.75) is 13.1 Å². The van der Waals surface area contributed by atoms with Gasteiger partial charge in [0.15, 0.2) is 5.69 Å². The van der Waals surface area contributed by atoms with Crippen LogP contribution in [0.1, 0.15) is 21.7 Å². The smallest absolute Gasteiger partial charge is 0.269 e. The minimum atomic E-state index is -0.645. The molecule has 0 unspecified atom stereocenters. The van der Waals surface area contributed by atoms with E-state index in [-0.39, 0.29) is 12.2 Å². The van der Waals surface area contributed by atoms with Gasteiger partial charge in [-0.25, -0.2) is 4.98 Å². The highest BCUT2D eigenvalue weighted by Crippen LogP contribution is 2.22. The Bertz CT molecular complexity index is 962.